The zero-order chi connectivity index (χ0) is 14.0. The van der Waals surface area contributed by atoms with E-state index in [4.69, 9.17) is 4.74 Å². The number of imidazole rings is 1. The molecule has 0 unspecified atom stereocenters. The van der Waals surface area contributed by atoms with Gasteiger partial charge in [0.2, 0.25) is 0 Å². The summed E-state index contributed by atoms with van der Waals surface area (Å²) in [6.07, 6.45) is 3.46. The Kier molecular flexibility index (Phi) is 3.69. The van der Waals surface area contributed by atoms with Crippen LogP contribution >= 0.6 is 0 Å². The minimum atomic E-state index is -0.385. The van der Waals surface area contributed by atoms with Crippen molar-refractivity contribution in [1.82, 2.24) is 19.3 Å². The summed E-state index contributed by atoms with van der Waals surface area (Å²) in [6.45, 7) is 6.50. The van der Waals surface area contributed by atoms with Crippen LogP contribution in [0, 0.1) is 6.92 Å². The molecule has 0 radical (unpaired) electrons. The highest BCUT2D eigenvalue weighted by molar-refractivity contribution is 5.87. The van der Waals surface area contributed by atoms with Crippen LogP contribution in [0.2, 0.25) is 0 Å². The maximum atomic E-state index is 11.6. The van der Waals surface area contributed by atoms with Gasteiger partial charge >= 0.3 is 5.97 Å². The van der Waals surface area contributed by atoms with Crippen molar-refractivity contribution in [1.29, 1.82) is 0 Å². The van der Waals surface area contributed by atoms with Crippen molar-refractivity contribution in [2.75, 3.05) is 7.11 Å². The molecular weight excluding hydrogens is 244 g/mol. The lowest BCUT2D eigenvalue weighted by atomic mass is 10.4. The Morgan fingerprint density at radius 3 is 2.79 bits per heavy atom. The maximum absolute atomic E-state index is 11.6. The number of rotatable bonds is 4. The third-order valence-corrected chi connectivity index (χ3v) is 2.96. The zero-order valence-electron chi connectivity index (χ0n) is 11.6. The van der Waals surface area contributed by atoms with Crippen LogP contribution in [-0.4, -0.2) is 32.4 Å². The first-order valence-electron chi connectivity index (χ1n) is 6.17. The Hall–Kier alpha value is -2.11. The summed E-state index contributed by atoms with van der Waals surface area (Å²) in [5.74, 6) is 0.378. The van der Waals surface area contributed by atoms with E-state index in [1.54, 1.807) is 4.57 Å². The Morgan fingerprint density at radius 2 is 2.21 bits per heavy atom. The molecule has 2 heterocycles. The van der Waals surface area contributed by atoms with Crippen molar-refractivity contribution in [3.8, 4) is 0 Å². The lowest BCUT2D eigenvalue weighted by molar-refractivity contribution is 0.0588. The second kappa shape index (κ2) is 5.26. The quantitative estimate of drug-likeness (QED) is 0.788. The molecule has 0 N–H and O–H groups in total. The van der Waals surface area contributed by atoms with E-state index in [9.17, 15) is 4.79 Å². The Balaban J connectivity index is 2.27. The van der Waals surface area contributed by atoms with Gasteiger partial charge in [-0.05, 0) is 26.8 Å². The number of nitrogens with zero attached hydrogens (tertiary/aromatic N) is 4. The van der Waals surface area contributed by atoms with Crippen molar-refractivity contribution in [2.45, 2.75) is 33.4 Å². The highest BCUT2D eigenvalue weighted by Crippen LogP contribution is 2.11. The van der Waals surface area contributed by atoms with Crippen LogP contribution in [0.4, 0.5) is 0 Å². The van der Waals surface area contributed by atoms with Gasteiger partial charge in [-0.3, -0.25) is 4.68 Å². The standard InChI is InChI=1S/C13H18N4O2/c1-9(2)17-6-5-11(15-17)8-16-10(3)14-7-12(16)13(18)19-4/h5-7,9H,8H2,1-4H3. The lowest BCUT2D eigenvalue weighted by Gasteiger charge is -2.08. The highest BCUT2D eigenvalue weighted by atomic mass is 16.5. The summed E-state index contributed by atoms with van der Waals surface area (Å²) >= 11 is 0. The van der Waals surface area contributed by atoms with Crippen LogP contribution in [0.15, 0.2) is 18.5 Å². The van der Waals surface area contributed by atoms with E-state index in [1.807, 2.05) is 23.9 Å². The van der Waals surface area contributed by atoms with E-state index in [-0.39, 0.29) is 5.97 Å². The number of esters is 1. The molecule has 0 spiro atoms. The van der Waals surface area contributed by atoms with E-state index in [0.29, 0.717) is 18.3 Å². The summed E-state index contributed by atoms with van der Waals surface area (Å²) in [4.78, 5) is 15.8. The zero-order valence-corrected chi connectivity index (χ0v) is 11.6. The maximum Gasteiger partial charge on any atom is 0.356 e. The first-order chi connectivity index (χ1) is 9.02. The van der Waals surface area contributed by atoms with E-state index in [1.165, 1.54) is 13.3 Å². The molecule has 0 saturated carbocycles. The number of aromatic nitrogens is 4. The smallest absolute Gasteiger partial charge is 0.356 e. The fourth-order valence-corrected chi connectivity index (χ4v) is 1.85. The first-order valence-corrected chi connectivity index (χ1v) is 6.17. The van der Waals surface area contributed by atoms with Gasteiger partial charge < -0.3 is 9.30 Å². The molecule has 0 fully saturated rings. The first kappa shape index (κ1) is 13.3. The third-order valence-electron chi connectivity index (χ3n) is 2.96. The van der Waals surface area contributed by atoms with Crippen molar-refractivity contribution in [3.05, 3.63) is 35.7 Å². The minimum Gasteiger partial charge on any atom is -0.464 e. The number of methoxy groups -OCH3 is 1. The van der Waals surface area contributed by atoms with E-state index in [0.717, 1.165) is 11.5 Å². The minimum absolute atomic E-state index is 0.317. The van der Waals surface area contributed by atoms with Gasteiger partial charge in [-0.15, -0.1) is 0 Å². The average molecular weight is 262 g/mol. The normalized spacial score (nSPS) is 11.0. The predicted molar refractivity (Wildman–Crippen MR) is 70.0 cm³/mol. The summed E-state index contributed by atoms with van der Waals surface area (Å²) in [5.41, 5.74) is 1.33. The van der Waals surface area contributed by atoms with Crippen molar-refractivity contribution in [2.24, 2.45) is 0 Å². The van der Waals surface area contributed by atoms with Crippen LogP contribution in [0.25, 0.3) is 0 Å². The molecule has 0 aromatic carbocycles. The number of ether oxygens (including phenoxy) is 1. The fourth-order valence-electron chi connectivity index (χ4n) is 1.85. The number of aryl methyl sites for hydroxylation is 1. The van der Waals surface area contributed by atoms with Gasteiger partial charge in [-0.2, -0.15) is 5.10 Å². The molecule has 0 aliphatic rings. The highest BCUT2D eigenvalue weighted by Gasteiger charge is 2.16. The van der Waals surface area contributed by atoms with Crippen molar-refractivity contribution < 1.29 is 9.53 Å². The molecule has 19 heavy (non-hydrogen) atoms. The Morgan fingerprint density at radius 1 is 1.47 bits per heavy atom. The second-order valence-electron chi connectivity index (χ2n) is 4.65. The number of hydrogen-bond donors (Lipinski definition) is 0. The van der Waals surface area contributed by atoms with Crippen LogP contribution in [0.3, 0.4) is 0 Å². The molecular formula is C13H18N4O2. The van der Waals surface area contributed by atoms with Crippen LogP contribution in [0.1, 0.15) is 41.9 Å². The summed E-state index contributed by atoms with van der Waals surface area (Å²) < 4.78 is 8.44. The van der Waals surface area contributed by atoms with Crippen molar-refractivity contribution in [3.63, 3.8) is 0 Å². The monoisotopic (exact) mass is 262 g/mol. The molecule has 0 aliphatic carbocycles. The van der Waals surface area contributed by atoms with Crippen LogP contribution < -0.4 is 0 Å². The number of hydrogen-bond acceptors (Lipinski definition) is 4. The molecule has 0 bridgehead atoms. The van der Waals surface area contributed by atoms with Gasteiger partial charge in [0.25, 0.3) is 0 Å². The molecule has 2 rings (SSSR count). The molecule has 0 aliphatic heterocycles. The summed E-state index contributed by atoms with van der Waals surface area (Å²) in [5, 5.41) is 4.47. The van der Waals surface area contributed by atoms with Crippen LogP contribution in [-0.2, 0) is 11.3 Å². The average Bonchev–Trinajstić information content (AvgIpc) is 2.98. The fraction of sp³-hybridized carbons (Fsp3) is 0.462. The number of carbonyl (C=O) groups excluding carboxylic acids is 1. The van der Waals surface area contributed by atoms with Gasteiger partial charge in [0.15, 0.2) is 0 Å². The summed E-state index contributed by atoms with van der Waals surface area (Å²) in [6, 6.07) is 2.26. The van der Waals surface area contributed by atoms with Gasteiger partial charge in [-0.25, -0.2) is 9.78 Å². The largest absolute Gasteiger partial charge is 0.464 e. The molecule has 2 aromatic rings. The van der Waals surface area contributed by atoms with Crippen LogP contribution in [0.5, 0.6) is 0 Å². The van der Waals surface area contributed by atoms with Gasteiger partial charge in [0.1, 0.15) is 11.5 Å². The lowest BCUT2D eigenvalue weighted by Crippen LogP contribution is -2.13. The SMILES string of the molecule is COC(=O)c1cnc(C)n1Cc1ccn(C(C)C)n1. The number of carbonyl (C=O) groups is 1. The summed E-state index contributed by atoms with van der Waals surface area (Å²) in [7, 11) is 1.36. The molecule has 0 amide bonds. The molecule has 0 atom stereocenters. The van der Waals surface area contributed by atoms with Gasteiger partial charge in [0, 0.05) is 12.2 Å². The molecule has 6 heteroatoms. The Bertz CT molecular complexity index is 583. The molecule has 102 valence electrons. The second-order valence-corrected chi connectivity index (χ2v) is 4.65. The van der Waals surface area contributed by atoms with E-state index < -0.39 is 0 Å². The van der Waals surface area contributed by atoms with Crippen molar-refractivity contribution >= 4 is 5.97 Å². The predicted octanol–water partition coefficient (Wildman–Crippen LogP) is 1.80. The van der Waals surface area contributed by atoms with Gasteiger partial charge in [-0.1, -0.05) is 0 Å². The Labute approximate surface area is 112 Å². The third kappa shape index (κ3) is 2.67. The molecule has 2 aromatic heterocycles. The molecule has 0 saturated heterocycles. The topological polar surface area (TPSA) is 61.9 Å². The van der Waals surface area contributed by atoms with E-state index in [2.05, 4.69) is 23.9 Å². The van der Waals surface area contributed by atoms with Gasteiger partial charge in [0.05, 0.1) is 25.5 Å². The molecule has 6 nitrogen and oxygen atoms in total. The van der Waals surface area contributed by atoms with E-state index >= 15 is 0 Å².